The fraction of sp³-hybridized carbons (Fsp3) is 0.455. The third kappa shape index (κ3) is 2.53. The number of halogens is 1. The van der Waals surface area contributed by atoms with Crippen LogP contribution in [0.2, 0.25) is 0 Å². The monoisotopic (exact) mass is 303 g/mol. The zero-order valence-electron chi connectivity index (χ0n) is 8.77. The maximum atomic E-state index is 12.4. The molecule has 0 aliphatic carbocycles. The molecule has 1 heterocycles. The highest BCUT2D eigenvalue weighted by Gasteiger charge is 2.29. The molecule has 0 aromatic heterocycles. The van der Waals surface area contributed by atoms with Crippen molar-refractivity contribution in [1.82, 2.24) is 0 Å². The minimum absolute atomic E-state index is 0.0401. The van der Waals surface area contributed by atoms with Crippen LogP contribution in [0, 0.1) is 0 Å². The van der Waals surface area contributed by atoms with Crippen molar-refractivity contribution in [3.8, 4) is 0 Å². The lowest BCUT2D eigenvalue weighted by Crippen LogP contribution is -2.45. The molecule has 1 fully saturated rings. The normalized spacial score (nSPS) is 27.6. The van der Waals surface area contributed by atoms with Crippen molar-refractivity contribution in [2.24, 2.45) is 5.73 Å². The van der Waals surface area contributed by atoms with Gasteiger partial charge < -0.3 is 10.5 Å². The van der Waals surface area contributed by atoms with E-state index in [1.807, 2.05) is 24.3 Å². The van der Waals surface area contributed by atoms with Crippen molar-refractivity contribution in [1.29, 1.82) is 0 Å². The smallest absolute Gasteiger partial charge is 0.0780 e. The molecule has 16 heavy (non-hydrogen) atoms. The van der Waals surface area contributed by atoms with Gasteiger partial charge in [0.1, 0.15) is 0 Å². The quantitative estimate of drug-likeness (QED) is 0.904. The molecule has 88 valence electrons. The summed E-state index contributed by atoms with van der Waals surface area (Å²) in [6.45, 7) is 1.15. The first-order valence-electron chi connectivity index (χ1n) is 5.18. The van der Waals surface area contributed by atoms with Crippen molar-refractivity contribution in [3.05, 3.63) is 28.7 Å². The zero-order chi connectivity index (χ0) is 11.5. The van der Waals surface area contributed by atoms with Gasteiger partial charge in [-0.15, -0.1) is 0 Å². The average Bonchev–Trinajstić information content (AvgIpc) is 2.29. The molecule has 1 aromatic carbocycles. The maximum absolute atomic E-state index is 12.4. The minimum atomic E-state index is -1.11. The van der Waals surface area contributed by atoms with E-state index in [9.17, 15) is 4.21 Å². The second kappa shape index (κ2) is 5.40. The molecule has 0 radical (unpaired) electrons. The number of nitrogens with two attached hydrogens (primary N) is 1. The molecule has 1 aliphatic heterocycles. The Hall–Kier alpha value is -0.230. The van der Waals surface area contributed by atoms with E-state index in [4.69, 9.17) is 10.5 Å². The zero-order valence-corrected chi connectivity index (χ0v) is 11.2. The standard InChI is InChI=1S/C11H14BrNO2S/c12-8-3-1-2-4-10(8)16(14)11-7-15-6-5-9(11)13/h1-4,9,11H,5-7,13H2. The van der Waals surface area contributed by atoms with Gasteiger partial charge in [0.05, 0.1) is 27.6 Å². The summed E-state index contributed by atoms with van der Waals surface area (Å²) < 4.78 is 18.6. The lowest BCUT2D eigenvalue weighted by molar-refractivity contribution is 0.0904. The summed E-state index contributed by atoms with van der Waals surface area (Å²) in [6.07, 6.45) is 0.779. The highest BCUT2D eigenvalue weighted by molar-refractivity contribution is 9.10. The Bertz CT molecular complexity index is 399. The highest BCUT2D eigenvalue weighted by atomic mass is 79.9. The molecule has 0 saturated carbocycles. The van der Waals surface area contributed by atoms with Crippen LogP contribution in [0.15, 0.2) is 33.6 Å². The van der Waals surface area contributed by atoms with Crippen molar-refractivity contribution in [3.63, 3.8) is 0 Å². The molecule has 1 aliphatic rings. The van der Waals surface area contributed by atoms with Gasteiger partial charge in [-0.25, -0.2) is 0 Å². The van der Waals surface area contributed by atoms with Gasteiger partial charge in [-0.05, 0) is 34.5 Å². The summed E-state index contributed by atoms with van der Waals surface area (Å²) in [6, 6.07) is 7.50. The summed E-state index contributed by atoms with van der Waals surface area (Å²) in [5.74, 6) is 0. The second-order valence-electron chi connectivity index (χ2n) is 3.79. The van der Waals surface area contributed by atoms with E-state index in [1.54, 1.807) is 0 Å². The van der Waals surface area contributed by atoms with E-state index in [0.717, 1.165) is 15.8 Å². The van der Waals surface area contributed by atoms with Gasteiger partial charge in [0.2, 0.25) is 0 Å². The van der Waals surface area contributed by atoms with Crippen LogP contribution >= 0.6 is 15.9 Å². The van der Waals surface area contributed by atoms with E-state index < -0.39 is 10.8 Å². The topological polar surface area (TPSA) is 52.3 Å². The first-order valence-corrected chi connectivity index (χ1v) is 7.19. The summed E-state index contributed by atoms with van der Waals surface area (Å²) in [4.78, 5) is 0.799. The first-order chi connectivity index (χ1) is 7.70. The first kappa shape index (κ1) is 12.2. The fourth-order valence-electron chi connectivity index (χ4n) is 1.72. The molecule has 5 heteroatoms. The van der Waals surface area contributed by atoms with Crippen LogP contribution in [-0.2, 0) is 15.5 Å². The molecule has 2 N–H and O–H groups in total. The van der Waals surface area contributed by atoms with E-state index in [-0.39, 0.29) is 11.3 Å². The molecule has 0 amide bonds. The lowest BCUT2D eigenvalue weighted by Gasteiger charge is -2.28. The summed E-state index contributed by atoms with van der Waals surface area (Å²) >= 11 is 3.41. The van der Waals surface area contributed by atoms with Crippen LogP contribution in [0.4, 0.5) is 0 Å². The molecule has 0 spiro atoms. The molecule has 3 atom stereocenters. The Morgan fingerprint density at radius 3 is 2.88 bits per heavy atom. The maximum Gasteiger partial charge on any atom is 0.0780 e. The lowest BCUT2D eigenvalue weighted by atomic mass is 10.1. The fourth-order valence-corrected chi connectivity index (χ4v) is 3.96. The van der Waals surface area contributed by atoms with Crippen molar-refractivity contribution in [2.75, 3.05) is 13.2 Å². The Morgan fingerprint density at radius 2 is 2.19 bits per heavy atom. The number of hydrogen-bond acceptors (Lipinski definition) is 3. The van der Waals surface area contributed by atoms with Gasteiger partial charge in [-0.2, -0.15) is 0 Å². The molecule has 1 aromatic rings. The summed E-state index contributed by atoms with van der Waals surface area (Å²) in [5.41, 5.74) is 5.98. The summed E-state index contributed by atoms with van der Waals surface area (Å²) in [7, 11) is -1.11. The van der Waals surface area contributed by atoms with E-state index in [1.165, 1.54) is 0 Å². The molecule has 2 rings (SSSR count). The number of benzene rings is 1. The molecular formula is C11H14BrNO2S. The van der Waals surface area contributed by atoms with Gasteiger partial charge in [0.25, 0.3) is 0 Å². The average molecular weight is 304 g/mol. The number of hydrogen-bond donors (Lipinski definition) is 1. The Balaban J connectivity index is 2.21. The number of rotatable bonds is 2. The molecule has 1 saturated heterocycles. The van der Waals surface area contributed by atoms with Gasteiger partial charge in [-0.3, -0.25) is 4.21 Å². The second-order valence-corrected chi connectivity index (χ2v) is 6.29. The summed E-state index contributed by atoms with van der Waals surface area (Å²) in [5, 5.41) is -0.104. The van der Waals surface area contributed by atoms with Crippen LogP contribution in [0.25, 0.3) is 0 Å². The molecule has 3 unspecified atom stereocenters. The van der Waals surface area contributed by atoms with Crippen LogP contribution in [0.1, 0.15) is 6.42 Å². The van der Waals surface area contributed by atoms with Crippen LogP contribution in [-0.4, -0.2) is 28.7 Å². The predicted molar refractivity (Wildman–Crippen MR) is 67.7 cm³/mol. The molecule has 3 nitrogen and oxygen atoms in total. The minimum Gasteiger partial charge on any atom is -0.380 e. The Labute approximate surface area is 106 Å². The molecular weight excluding hydrogens is 290 g/mol. The van der Waals surface area contributed by atoms with Crippen LogP contribution < -0.4 is 5.73 Å². The Morgan fingerprint density at radius 1 is 1.44 bits per heavy atom. The SMILES string of the molecule is NC1CCOCC1S(=O)c1ccccc1Br. The van der Waals surface area contributed by atoms with Crippen molar-refractivity contribution >= 4 is 26.7 Å². The van der Waals surface area contributed by atoms with E-state index in [2.05, 4.69) is 15.9 Å². The largest absolute Gasteiger partial charge is 0.380 e. The van der Waals surface area contributed by atoms with Gasteiger partial charge in [0, 0.05) is 17.1 Å². The van der Waals surface area contributed by atoms with Crippen LogP contribution in [0.3, 0.4) is 0 Å². The highest BCUT2D eigenvalue weighted by Crippen LogP contribution is 2.24. The Kier molecular flexibility index (Phi) is 4.13. The van der Waals surface area contributed by atoms with Gasteiger partial charge >= 0.3 is 0 Å². The van der Waals surface area contributed by atoms with E-state index >= 15 is 0 Å². The third-order valence-corrected chi connectivity index (χ3v) is 5.46. The van der Waals surface area contributed by atoms with Gasteiger partial charge in [-0.1, -0.05) is 12.1 Å². The molecule has 0 bridgehead atoms. The van der Waals surface area contributed by atoms with E-state index in [0.29, 0.717) is 13.2 Å². The van der Waals surface area contributed by atoms with Gasteiger partial charge in [0.15, 0.2) is 0 Å². The van der Waals surface area contributed by atoms with Crippen molar-refractivity contribution in [2.45, 2.75) is 22.6 Å². The number of ether oxygens (including phenoxy) is 1. The van der Waals surface area contributed by atoms with Crippen LogP contribution in [0.5, 0.6) is 0 Å². The predicted octanol–water partition coefficient (Wildman–Crippen LogP) is 1.67. The van der Waals surface area contributed by atoms with Crippen molar-refractivity contribution < 1.29 is 8.95 Å². The third-order valence-electron chi connectivity index (χ3n) is 2.68.